The minimum absolute atomic E-state index is 0.134. The number of aliphatic hydroxyl groups excluding tert-OH is 1. The van der Waals surface area contributed by atoms with Crippen LogP contribution in [0.5, 0.6) is 0 Å². The van der Waals surface area contributed by atoms with E-state index in [1.807, 2.05) is 26.3 Å². The van der Waals surface area contributed by atoms with Gasteiger partial charge in [0.25, 0.3) is 0 Å². The molecular formula is C8H13NOS. The molecular weight excluding hydrogens is 158 g/mol. The van der Waals surface area contributed by atoms with Crippen molar-refractivity contribution in [2.75, 3.05) is 6.61 Å². The molecule has 1 aromatic rings. The van der Waals surface area contributed by atoms with E-state index in [9.17, 15) is 0 Å². The third-order valence-corrected chi connectivity index (χ3v) is 3.05. The van der Waals surface area contributed by atoms with E-state index in [0.29, 0.717) is 0 Å². The molecule has 0 bridgehead atoms. The number of hydrogen-bond acceptors (Lipinski definition) is 3. The van der Waals surface area contributed by atoms with Gasteiger partial charge in [0.2, 0.25) is 0 Å². The van der Waals surface area contributed by atoms with E-state index >= 15 is 0 Å². The third kappa shape index (κ3) is 1.60. The maximum Gasteiger partial charge on any atom is 0.0797 e. The van der Waals surface area contributed by atoms with Crippen LogP contribution in [0.4, 0.5) is 0 Å². The summed E-state index contributed by atoms with van der Waals surface area (Å²) >= 11 is 1.61. The van der Waals surface area contributed by atoms with E-state index in [4.69, 9.17) is 5.11 Å². The normalized spacial score (nSPS) is 12.0. The van der Waals surface area contributed by atoms with Gasteiger partial charge in [-0.15, -0.1) is 11.3 Å². The highest BCUT2D eigenvalue weighted by Gasteiger charge is 2.23. The van der Waals surface area contributed by atoms with Gasteiger partial charge < -0.3 is 5.11 Å². The summed E-state index contributed by atoms with van der Waals surface area (Å²) in [5.74, 6) is 0. The first-order valence-electron chi connectivity index (χ1n) is 3.59. The lowest BCUT2D eigenvalue weighted by Crippen LogP contribution is -2.21. The van der Waals surface area contributed by atoms with E-state index in [1.54, 1.807) is 11.3 Å². The zero-order valence-electron chi connectivity index (χ0n) is 7.09. The average Bonchev–Trinajstić information content (AvgIpc) is 2.36. The Bertz CT molecular complexity index is 242. The van der Waals surface area contributed by atoms with Crippen molar-refractivity contribution in [2.45, 2.75) is 26.2 Å². The molecule has 0 aliphatic carbocycles. The van der Waals surface area contributed by atoms with Crippen LogP contribution in [0.3, 0.4) is 0 Å². The van der Waals surface area contributed by atoms with Crippen LogP contribution in [0.2, 0.25) is 0 Å². The third-order valence-electron chi connectivity index (χ3n) is 1.76. The number of rotatable bonds is 2. The first-order chi connectivity index (χ1) is 5.08. The monoisotopic (exact) mass is 171 g/mol. The van der Waals surface area contributed by atoms with Gasteiger partial charge in [0, 0.05) is 10.3 Å². The van der Waals surface area contributed by atoms with Crippen molar-refractivity contribution < 1.29 is 5.11 Å². The molecule has 0 saturated heterocycles. The molecule has 0 amide bonds. The SMILES string of the molecule is Cc1ncsc1C(C)(C)CO. The number of aliphatic hydroxyl groups is 1. The summed E-state index contributed by atoms with van der Waals surface area (Å²) in [6.07, 6.45) is 0. The lowest BCUT2D eigenvalue weighted by molar-refractivity contribution is 0.220. The highest BCUT2D eigenvalue weighted by atomic mass is 32.1. The average molecular weight is 171 g/mol. The number of aryl methyl sites for hydroxylation is 1. The van der Waals surface area contributed by atoms with E-state index in [-0.39, 0.29) is 12.0 Å². The molecule has 0 spiro atoms. The smallest absolute Gasteiger partial charge is 0.0797 e. The molecule has 0 fully saturated rings. The highest BCUT2D eigenvalue weighted by Crippen LogP contribution is 2.28. The summed E-state index contributed by atoms with van der Waals surface area (Å²) in [6, 6.07) is 0. The molecule has 0 aromatic carbocycles. The molecule has 0 radical (unpaired) electrons. The molecule has 0 unspecified atom stereocenters. The van der Waals surface area contributed by atoms with Gasteiger partial charge in [0.05, 0.1) is 17.8 Å². The second-order valence-corrected chi connectivity index (χ2v) is 4.16. The van der Waals surface area contributed by atoms with Crippen molar-refractivity contribution in [1.29, 1.82) is 0 Å². The lowest BCUT2D eigenvalue weighted by Gasteiger charge is -2.19. The Morgan fingerprint density at radius 1 is 1.64 bits per heavy atom. The van der Waals surface area contributed by atoms with Crippen molar-refractivity contribution in [1.82, 2.24) is 4.98 Å². The molecule has 3 heteroatoms. The van der Waals surface area contributed by atoms with Crippen LogP contribution < -0.4 is 0 Å². The largest absolute Gasteiger partial charge is 0.395 e. The van der Waals surface area contributed by atoms with Crippen molar-refractivity contribution in [2.24, 2.45) is 0 Å². The molecule has 0 aliphatic rings. The maximum atomic E-state index is 9.07. The van der Waals surface area contributed by atoms with E-state index in [2.05, 4.69) is 4.98 Å². The summed E-state index contributed by atoms with van der Waals surface area (Å²) in [5, 5.41) is 9.07. The van der Waals surface area contributed by atoms with Crippen LogP contribution in [0.1, 0.15) is 24.4 Å². The molecule has 11 heavy (non-hydrogen) atoms. The second kappa shape index (κ2) is 2.91. The van der Waals surface area contributed by atoms with Gasteiger partial charge in [-0.3, -0.25) is 0 Å². The van der Waals surface area contributed by atoms with Gasteiger partial charge in [0.1, 0.15) is 0 Å². The molecule has 0 atom stereocenters. The summed E-state index contributed by atoms with van der Waals surface area (Å²) < 4.78 is 0. The Morgan fingerprint density at radius 3 is 2.64 bits per heavy atom. The standard InChI is InChI=1S/C8H13NOS/c1-6-7(11-5-9-6)8(2,3)4-10/h5,10H,4H2,1-3H3. The van der Waals surface area contributed by atoms with Crippen LogP contribution in [0.15, 0.2) is 5.51 Å². The van der Waals surface area contributed by atoms with E-state index in [0.717, 1.165) is 5.69 Å². The van der Waals surface area contributed by atoms with Gasteiger partial charge in [0.15, 0.2) is 0 Å². The summed E-state index contributed by atoms with van der Waals surface area (Å²) in [7, 11) is 0. The predicted octanol–water partition coefficient (Wildman–Crippen LogP) is 1.72. The van der Waals surface area contributed by atoms with Crippen LogP contribution in [0.25, 0.3) is 0 Å². The van der Waals surface area contributed by atoms with Crippen LogP contribution in [-0.2, 0) is 5.41 Å². The summed E-state index contributed by atoms with van der Waals surface area (Å²) in [5.41, 5.74) is 2.72. The number of nitrogens with zero attached hydrogens (tertiary/aromatic N) is 1. The molecule has 0 aliphatic heterocycles. The zero-order valence-corrected chi connectivity index (χ0v) is 7.90. The minimum atomic E-state index is -0.134. The van der Waals surface area contributed by atoms with Crippen LogP contribution in [-0.4, -0.2) is 16.7 Å². The molecule has 1 N–H and O–H groups in total. The molecule has 0 saturated carbocycles. The molecule has 2 nitrogen and oxygen atoms in total. The van der Waals surface area contributed by atoms with E-state index < -0.39 is 0 Å². The van der Waals surface area contributed by atoms with Crippen LogP contribution in [0, 0.1) is 6.92 Å². The fourth-order valence-electron chi connectivity index (χ4n) is 1.02. The number of aromatic nitrogens is 1. The van der Waals surface area contributed by atoms with Gasteiger partial charge in [-0.2, -0.15) is 0 Å². The molecule has 1 heterocycles. The van der Waals surface area contributed by atoms with Gasteiger partial charge >= 0.3 is 0 Å². The quantitative estimate of drug-likeness (QED) is 0.735. The summed E-state index contributed by atoms with van der Waals surface area (Å²) in [4.78, 5) is 5.32. The highest BCUT2D eigenvalue weighted by molar-refractivity contribution is 7.09. The molecule has 62 valence electrons. The zero-order chi connectivity index (χ0) is 8.48. The lowest BCUT2D eigenvalue weighted by atomic mass is 9.92. The van der Waals surface area contributed by atoms with Crippen LogP contribution >= 0.6 is 11.3 Å². The van der Waals surface area contributed by atoms with E-state index in [1.165, 1.54) is 4.88 Å². The Labute approximate surface area is 70.9 Å². The second-order valence-electron chi connectivity index (χ2n) is 3.31. The Hall–Kier alpha value is -0.410. The Kier molecular flexibility index (Phi) is 2.30. The van der Waals surface area contributed by atoms with Gasteiger partial charge in [-0.05, 0) is 6.92 Å². The van der Waals surface area contributed by atoms with Crippen molar-refractivity contribution >= 4 is 11.3 Å². The number of thiazole rings is 1. The maximum absolute atomic E-state index is 9.07. The van der Waals surface area contributed by atoms with Gasteiger partial charge in [-0.25, -0.2) is 4.98 Å². The molecule has 1 rings (SSSR count). The first kappa shape index (κ1) is 8.68. The number of hydrogen-bond donors (Lipinski definition) is 1. The fourth-order valence-corrected chi connectivity index (χ4v) is 1.95. The fraction of sp³-hybridized carbons (Fsp3) is 0.625. The first-order valence-corrected chi connectivity index (χ1v) is 4.47. The van der Waals surface area contributed by atoms with Crippen molar-refractivity contribution in [3.63, 3.8) is 0 Å². The Morgan fingerprint density at radius 2 is 2.27 bits per heavy atom. The minimum Gasteiger partial charge on any atom is -0.395 e. The molecule has 1 aromatic heterocycles. The van der Waals surface area contributed by atoms with Crippen molar-refractivity contribution in [3.05, 3.63) is 16.1 Å². The van der Waals surface area contributed by atoms with Crippen molar-refractivity contribution in [3.8, 4) is 0 Å². The predicted molar refractivity (Wildman–Crippen MR) is 47.0 cm³/mol. The summed E-state index contributed by atoms with van der Waals surface area (Å²) in [6.45, 7) is 6.19. The topological polar surface area (TPSA) is 33.1 Å². The van der Waals surface area contributed by atoms with Gasteiger partial charge in [-0.1, -0.05) is 13.8 Å². The Balaban J connectivity index is 3.00.